The van der Waals surface area contributed by atoms with Crippen molar-refractivity contribution in [2.24, 2.45) is 0 Å². The average Bonchev–Trinajstić information content (AvgIpc) is 2.26. The van der Waals surface area contributed by atoms with E-state index in [2.05, 4.69) is 10.6 Å². The molecule has 1 aromatic rings. The molecule has 0 aliphatic rings. The number of amides is 1. The van der Waals surface area contributed by atoms with Gasteiger partial charge in [-0.3, -0.25) is 14.9 Å². The third kappa shape index (κ3) is 4.01. The first-order valence-corrected chi connectivity index (χ1v) is 5.30. The van der Waals surface area contributed by atoms with Gasteiger partial charge in [0.15, 0.2) is 0 Å². The Morgan fingerprint density at radius 3 is 2.82 bits per heavy atom. The molecule has 17 heavy (non-hydrogen) atoms. The van der Waals surface area contributed by atoms with E-state index in [1.165, 1.54) is 18.2 Å². The molecule has 0 unspecified atom stereocenters. The molecule has 0 radical (unpaired) electrons. The van der Waals surface area contributed by atoms with E-state index in [1.807, 2.05) is 0 Å². The first kappa shape index (κ1) is 13.4. The van der Waals surface area contributed by atoms with Crippen LogP contribution in [0.4, 0.5) is 11.4 Å². The molecule has 0 atom stereocenters. The number of rotatable bonds is 5. The lowest BCUT2D eigenvalue weighted by molar-refractivity contribution is -0.383. The second kappa shape index (κ2) is 6.17. The summed E-state index contributed by atoms with van der Waals surface area (Å²) in [7, 11) is 1.72. The number of halogens is 1. The third-order valence-electron chi connectivity index (χ3n) is 2.03. The zero-order valence-electron chi connectivity index (χ0n) is 9.20. The lowest BCUT2D eigenvalue weighted by Crippen LogP contribution is -2.19. The Hall–Kier alpha value is -1.66. The molecule has 1 rings (SSSR count). The summed E-state index contributed by atoms with van der Waals surface area (Å²) in [6, 6.07) is 4.02. The number of nitrogens with one attached hydrogen (secondary N) is 2. The van der Waals surface area contributed by atoms with E-state index >= 15 is 0 Å². The first-order chi connectivity index (χ1) is 8.04. The van der Waals surface area contributed by atoms with Crippen molar-refractivity contribution in [2.45, 2.75) is 6.42 Å². The number of nitro benzene ring substituents is 1. The normalized spacial score (nSPS) is 10.0. The molecule has 0 saturated heterocycles. The lowest BCUT2D eigenvalue weighted by Gasteiger charge is -2.06. The zero-order valence-corrected chi connectivity index (χ0v) is 9.95. The fourth-order valence-electron chi connectivity index (χ4n) is 1.22. The number of hydrogen-bond donors (Lipinski definition) is 2. The van der Waals surface area contributed by atoms with Crippen molar-refractivity contribution in [1.82, 2.24) is 5.32 Å². The summed E-state index contributed by atoms with van der Waals surface area (Å²) >= 11 is 5.72. The predicted octanol–water partition coefficient (Wildman–Crippen LogP) is 1.80. The monoisotopic (exact) mass is 257 g/mol. The highest BCUT2D eigenvalue weighted by atomic mass is 35.5. The molecule has 0 saturated carbocycles. The molecule has 0 aromatic heterocycles. The second-order valence-electron chi connectivity index (χ2n) is 3.32. The molecule has 0 heterocycles. The smallest absolute Gasteiger partial charge is 0.292 e. The molecule has 0 aliphatic carbocycles. The van der Waals surface area contributed by atoms with Gasteiger partial charge >= 0.3 is 0 Å². The van der Waals surface area contributed by atoms with E-state index in [9.17, 15) is 14.9 Å². The molecule has 1 amide bonds. The number of nitro groups is 1. The third-order valence-corrected chi connectivity index (χ3v) is 2.27. The quantitative estimate of drug-likeness (QED) is 0.622. The molecule has 0 spiro atoms. The van der Waals surface area contributed by atoms with Crippen molar-refractivity contribution < 1.29 is 9.72 Å². The molecule has 1 aromatic carbocycles. The van der Waals surface area contributed by atoms with Gasteiger partial charge in [-0.2, -0.15) is 0 Å². The highest BCUT2D eigenvalue weighted by Crippen LogP contribution is 2.27. The van der Waals surface area contributed by atoms with Crippen molar-refractivity contribution in [1.29, 1.82) is 0 Å². The molecule has 0 fully saturated rings. The van der Waals surface area contributed by atoms with Crippen LogP contribution in [0.25, 0.3) is 0 Å². The van der Waals surface area contributed by atoms with Gasteiger partial charge in [0, 0.05) is 24.1 Å². The highest BCUT2D eigenvalue weighted by Gasteiger charge is 2.15. The van der Waals surface area contributed by atoms with Crippen molar-refractivity contribution in [2.75, 3.05) is 18.9 Å². The number of anilines is 1. The predicted molar refractivity (Wildman–Crippen MR) is 65.3 cm³/mol. The summed E-state index contributed by atoms with van der Waals surface area (Å²) in [5.74, 6) is -0.301. The van der Waals surface area contributed by atoms with Crippen molar-refractivity contribution >= 4 is 28.9 Å². The van der Waals surface area contributed by atoms with Gasteiger partial charge in [-0.05, 0) is 19.2 Å². The molecule has 6 nitrogen and oxygen atoms in total. The van der Waals surface area contributed by atoms with Gasteiger partial charge in [-0.1, -0.05) is 11.6 Å². The Balaban J connectivity index is 2.85. The van der Waals surface area contributed by atoms with Crippen LogP contribution in [0.1, 0.15) is 6.42 Å². The van der Waals surface area contributed by atoms with E-state index in [0.717, 1.165) is 0 Å². The van der Waals surface area contributed by atoms with Crippen LogP contribution in [0.3, 0.4) is 0 Å². The number of carbonyl (C=O) groups is 1. The summed E-state index contributed by atoms with van der Waals surface area (Å²) < 4.78 is 0. The van der Waals surface area contributed by atoms with E-state index in [4.69, 9.17) is 11.6 Å². The van der Waals surface area contributed by atoms with Crippen LogP contribution < -0.4 is 10.6 Å². The lowest BCUT2D eigenvalue weighted by atomic mass is 10.2. The summed E-state index contributed by atoms with van der Waals surface area (Å²) in [6.07, 6.45) is 0.236. The summed E-state index contributed by atoms with van der Waals surface area (Å²) in [5.41, 5.74) is -0.0594. The maximum absolute atomic E-state index is 11.4. The van der Waals surface area contributed by atoms with Crippen LogP contribution in [0.5, 0.6) is 0 Å². The van der Waals surface area contributed by atoms with E-state index in [0.29, 0.717) is 11.6 Å². The molecule has 92 valence electrons. The zero-order chi connectivity index (χ0) is 12.8. The fraction of sp³-hybridized carbons (Fsp3) is 0.300. The van der Waals surface area contributed by atoms with Crippen LogP contribution in [0, 0.1) is 10.1 Å². The van der Waals surface area contributed by atoms with Crippen LogP contribution >= 0.6 is 11.6 Å². The number of carbonyl (C=O) groups excluding carboxylic acids is 1. The second-order valence-corrected chi connectivity index (χ2v) is 3.76. The number of hydrogen-bond acceptors (Lipinski definition) is 4. The number of benzene rings is 1. The maximum Gasteiger partial charge on any atom is 0.292 e. The van der Waals surface area contributed by atoms with Crippen molar-refractivity contribution in [3.8, 4) is 0 Å². The van der Waals surface area contributed by atoms with Gasteiger partial charge in [0.1, 0.15) is 5.69 Å². The van der Waals surface area contributed by atoms with Gasteiger partial charge in [-0.15, -0.1) is 0 Å². The van der Waals surface area contributed by atoms with Crippen LogP contribution in [0.15, 0.2) is 18.2 Å². The van der Waals surface area contributed by atoms with Crippen molar-refractivity contribution in [3.63, 3.8) is 0 Å². The Labute approximate surface area is 103 Å². The van der Waals surface area contributed by atoms with Gasteiger partial charge in [0.05, 0.1) is 4.92 Å². The van der Waals surface area contributed by atoms with Gasteiger partial charge < -0.3 is 10.6 Å². The molecule has 7 heteroatoms. The Kier molecular flexibility index (Phi) is 4.86. The Bertz CT molecular complexity index is 437. The Morgan fingerprint density at radius 1 is 1.53 bits per heavy atom. The summed E-state index contributed by atoms with van der Waals surface area (Å²) in [5, 5.41) is 16.3. The van der Waals surface area contributed by atoms with Gasteiger partial charge in [0.2, 0.25) is 5.91 Å². The SMILES string of the molecule is CNCCC(=O)Nc1cc(Cl)ccc1[N+](=O)[O-]. The highest BCUT2D eigenvalue weighted by molar-refractivity contribution is 6.31. The molecule has 2 N–H and O–H groups in total. The molecule has 0 aliphatic heterocycles. The molecule has 0 bridgehead atoms. The van der Waals surface area contributed by atoms with E-state index < -0.39 is 4.92 Å². The fourth-order valence-corrected chi connectivity index (χ4v) is 1.39. The molecular weight excluding hydrogens is 246 g/mol. The van der Waals surface area contributed by atoms with Gasteiger partial charge in [-0.25, -0.2) is 0 Å². The van der Waals surface area contributed by atoms with Crippen molar-refractivity contribution in [3.05, 3.63) is 33.3 Å². The summed E-state index contributed by atoms with van der Waals surface area (Å²) in [6.45, 7) is 0.500. The standard InChI is InChI=1S/C10H12ClN3O3/c1-12-5-4-10(15)13-8-6-7(11)2-3-9(8)14(16)17/h2-3,6,12H,4-5H2,1H3,(H,13,15). The topological polar surface area (TPSA) is 84.3 Å². The van der Waals surface area contributed by atoms with Crippen LogP contribution in [-0.4, -0.2) is 24.4 Å². The minimum Gasteiger partial charge on any atom is -0.320 e. The molecular formula is C10H12ClN3O3. The Morgan fingerprint density at radius 2 is 2.24 bits per heavy atom. The summed E-state index contributed by atoms with van der Waals surface area (Å²) in [4.78, 5) is 21.6. The first-order valence-electron chi connectivity index (χ1n) is 4.93. The van der Waals surface area contributed by atoms with Crippen LogP contribution in [0.2, 0.25) is 5.02 Å². The number of nitrogens with zero attached hydrogens (tertiary/aromatic N) is 1. The largest absolute Gasteiger partial charge is 0.320 e. The van der Waals surface area contributed by atoms with E-state index in [1.54, 1.807) is 7.05 Å². The average molecular weight is 258 g/mol. The van der Waals surface area contributed by atoms with Gasteiger partial charge in [0.25, 0.3) is 5.69 Å². The maximum atomic E-state index is 11.4. The minimum atomic E-state index is -0.565. The van der Waals surface area contributed by atoms with Crippen LogP contribution in [-0.2, 0) is 4.79 Å². The van der Waals surface area contributed by atoms with E-state index in [-0.39, 0.29) is 23.7 Å². The minimum absolute atomic E-state index is 0.114.